The van der Waals surface area contributed by atoms with Gasteiger partial charge < -0.3 is 0 Å². The highest BCUT2D eigenvalue weighted by Crippen LogP contribution is 2.38. The van der Waals surface area contributed by atoms with E-state index in [0.717, 1.165) is 43.7 Å². The number of halogens is 5. The van der Waals surface area contributed by atoms with Gasteiger partial charge in [0.05, 0.1) is 0 Å². The van der Waals surface area contributed by atoms with E-state index in [4.69, 9.17) is 0 Å². The quantitative estimate of drug-likeness (QED) is 0.132. The molecular formula is C31H31F5. The summed E-state index contributed by atoms with van der Waals surface area (Å²) in [6, 6.07) is 8.48. The van der Waals surface area contributed by atoms with Crippen LogP contribution in [0.1, 0.15) is 87.3 Å². The van der Waals surface area contributed by atoms with Crippen LogP contribution in [0.3, 0.4) is 0 Å². The fourth-order valence-corrected chi connectivity index (χ4v) is 5.20. The molecule has 3 aromatic carbocycles. The normalized spacial score (nSPS) is 17.7. The third-order valence-electron chi connectivity index (χ3n) is 7.24. The zero-order valence-corrected chi connectivity index (χ0v) is 20.6. The molecule has 1 aliphatic rings. The van der Waals surface area contributed by atoms with Gasteiger partial charge in [-0.3, -0.25) is 0 Å². The van der Waals surface area contributed by atoms with Crippen LogP contribution >= 0.6 is 0 Å². The van der Waals surface area contributed by atoms with E-state index >= 15 is 0 Å². The van der Waals surface area contributed by atoms with Gasteiger partial charge in [0.2, 0.25) is 0 Å². The first-order chi connectivity index (χ1) is 17.4. The van der Waals surface area contributed by atoms with E-state index in [2.05, 4.69) is 18.8 Å². The lowest BCUT2D eigenvalue weighted by atomic mass is 9.78. The fraction of sp³-hybridized carbons (Fsp3) is 0.419. The van der Waals surface area contributed by atoms with Crippen LogP contribution in [-0.2, 0) is 6.42 Å². The third-order valence-corrected chi connectivity index (χ3v) is 7.24. The van der Waals surface area contributed by atoms with Crippen molar-refractivity contribution in [2.45, 2.75) is 77.0 Å². The second-order valence-corrected chi connectivity index (χ2v) is 9.88. The van der Waals surface area contributed by atoms with E-state index in [9.17, 15) is 22.0 Å². The lowest BCUT2D eigenvalue weighted by Gasteiger charge is -2.26. The smallest absolute Gasteiger partial charge is 0.195 e. The van der Waals surface area contributed by atoms with Crippen molar-refractivity contribution in [1.82, 2.24) is 0 Å². The maximum atomic E-state index is 14.9. The van der Waals surface area contributed by atoms with Gasteiger partial charge in [0.1, 0.15) is 11.6 Å². The van der Waals surface area contributed by atoms with Crippen LogP contribution in [-0.4, -0.2) is 0 Å². The minimum Gasteiger partial charge on any atom is -0.207 e. The molecule has 0 heterocycles. The highest BCUT2D eigenvalue weighted by molar-refractivity contribution is 5.84. The molecule has 5 heteroatoms. The largest absolute Gasteiger partial charge is 0.207 e. The van der Waals surface area contributed by atoms with E-state index in [0.29, 0.717) is 24.8 Å². The van der Waals surface area contributed by atoms with E-state index in [1.54, 1.807) is 6.07 Å². The Hall–Kier alpha value is -2.87. The Bertz CT molecular complexity index is 1250. The van der Waals surface area contributed by atoms with Crippen molar-refractivity contribution in [2.75, 3.05) is 0 Å². The molecule has 0 N–H and O–H groups in total. The molecule has 0 saturated heterocycles. The molecule has 0 nitrogen and oxygen atoms in total. The van der Waals surface area contributed by atoms with E-state index in [1.807, 2.05) is 0 Å². The van der Waals surface area contributed by atoms with Gasteiger partial charge >= 0.3 is 0 Å². The van der Waals surface area contributed by atoms with Gasteiger partial charge in [-0.1, -0.05) is 50.5 Å². The summed E-state index contributed by atoms with van der Waals surface area (Å²) in [5, 5.41) is 0.254. The molecule has 0 spiro atoms. The van der Waals surface area contributed by atoms with E-state index in [-0.39, 0.29) is 28.2 Å². The Morgan fingerprint density at radius 2 is 1.44 bits per heavy atom. The molecule has 3 aromatic rings. The highest BCUT2D eigenvalue weighted by atomic mass is 19.2. The molecule has 0 aromatic heterocycles. The summed E-state index contributed by atoms with van der Waals surface area (Å²) < 4.78 is 70.6. The van der Waals surface area contributed by atoms with Crippen molar-refractivity contribution < 1.29 is 22.0 Å². The lowest BCUT2D eigenvalue weighted by molar-refractivity contribution is 0.366. The maximum absolute atomic E-state index is 14.9. The number of unbranched alkanes of at least 4 members (excludes halogenated alkanes) is 4. The Labute approximate surface area is 209 Å². The van der Waals surface area contributed by atoms with Crippen LogP contribution in [0.25, 0.3) is 10.8 Å². The zero-order valence-electron chi connectivity index (χ0n) is 20.6. The van der Waals surface area contributed by atoms with Crippen molar-refractivity contribution in [2.24, 2.45) is 5.92 Å². The van der Waals surface area contributed by atoms with Crippen LogP contribution < -0.4 is 0 Å². The monoisotopic (exact) mass is 498 g/mol. The molecule has 0 aliphatic heterocycles. The summed E-state index contributed by atoms with van der Waals surface area (Å²) in [6.45, 7) is 2.16. The number of rotatable bonds is 7. The first-order valence-corrected chi connectivity index (χ1v) is 12.9. The fourth-order valence-electron chi connectivity index (χ4n) is 5.20. The van der Waals surface area contributed by atoms with Gasteiger partial charge in [-0.15, -0.1) is 0 Å². The molecule has 0 unspecified atom stereocenters. The summed E-state index contributed by atoms with van der Waals surface area (Å²) in [5.41, 5.74) is 1.50. The maximum Gasteiger partial charge on any atom is 0.195 e. The lowest BCUT2D eigenvalue weighted by Crippen LogP contribution is -2.15. The average molecular weight is 499 g/mol. The van der Waals surface area contributed by atoms with E-state index in [1.165, 1.54) is 37.1 Å². The standard InChI is InChI=1S/C31H31F5/c1-2-3-4-5-6-7-22-17-26(32)29(27(33)18-22)23-13-10-20(11-14-23)8-9-21-12-15-25-24(16-21)19-28(34)31(36)30(25)35/h12,15-20,23H,2-7,10-11,13-14H2,1H3. The van der Waals surface area contributed by atoms with Gasteiger partial charge in [0.25, 0.3) is 0 Å². The Morgan fingerprint density at radius 3 is 2.14 bits per heavy atom. The van der Waals surface area contributed by atoms with Crippen LogP contribution in [0.4, 0.5) is 22.0 Å². The first kappa shape index (κ1) is 26.2. The number of fused-ring (bicyclic) bond motifs is 1. The number of benzene rings is 3. The molecule has 0 atom stereocenters. The summed E-state index contributed by atoms with van der Waals surface area (Å²) in [7, 11) is 0. The zero-order chi connectivity index (χ0) is 25.7. The number of hydrogen-bond acceptors (Lipinski definition) is 0. The minimum absolute atomic E-state index is 0.00604. The summed E-state index contributed by atoms with van der Waals surface area (Å²) in [6.07, 6.45) is 8.98. The van der Waals surface area contributed by atoms with Gasteiger partial charge in [-0.2, -0.15) is 0 Å². The molecule has 0 amide bonds. The third kappa shape index (κ3) is 6.09. The molecule has 190 valence electrons. The minimum atomic E-state index is -1.48. The van der Waals surface area contributed by atoms with Crippen molar-refractivity contribution >= 4 is 10.8 Å². The second-order valence-electron chi connectivity index (χ2n) is 9.88. The second kappa shape index (κ2) is 11.9. The number of hydrogen-bond donors (Lipinski definition) is 0. The molecule has 4 rings (SSSR count). The molecule has 1 aliphatic carbocycles. The molecule has 36 heavy (non-hydrogen) atoms. The van der Waals surface area contributed by atoms with Crippen molar-refractivity contribution in [1.29, 1.82) is 0 Å². The molecule has 0 radical (unpaired) electrons. The Morgan fingerprint density at radius 1 is 0.750 bits per heavy atom. The SMILES string of the molecule is CCCCCCCc1cc(F)c(C2CCC(C#Cc3ccc4c(F)c(F)c(F)cc4c3)CC2)c(F)c1. The van der Waals surface area contributed by atoms with E-state index < -0.39 is 29.1 Å². The Kier molecular flexibility index (Phi) is 8.67. The predicted molar refractivity (Wildman–Crippen MR) is 134 cm³/mol. The van der Waals surface area contributed by atoms with Crippen LogP contribution in [0, 0.1) is 46.8 Å². The molecule has 0 bridgehead atoms. The average Bonchev–Trinajstić information content (AvgIpc) is 2.86. The molecular weight excluding hydrogens is 467 g/mol. The van der Waals surface area contributed by atoms with Crippen LogP contribution in [0.2, 0.25) is 0 Å². The summed E-state index contributed by atoms with van der Waals surface area (Å²) in [5.74, 6) is 1.33. The van der Waals surface area contributed by atoms with Crippen molar-refractivity contribution in [3.8, 4) is 11.8 Å². The number of aryl methyl sites for hydroxylation is 1. The predicted octanol–water partition coefficient (Wildman–Crippen LogP) is 9.37. The topological polar surface area (TPSA) is 0 Å². The molecule has 1 fully saturated rings. The first-order valence-electron chi connectivity index (χ1n) is 12.9. The van der Waals surface area contributed by atoms with Gasteiger partial charge in [0.15, 0.2) is 17.5 Å². The van der Waals surface area contributed by atoms with Crippen LogP contribution in [0.15, 0.2) is 36.4 Å². The van der Waals surface area contributed by atoms with Crippen LogP contribution in [0.5, 0.6) is 0 Å². The van der Waals surface area contributed by atoms with Gasteiger partial charge in [-0.05, 0) is 85.7 Å². The molecule has 1 saturated carbocycles. The highest BCUT2D eigenvalue weighted by Gasteiger charge is 2.26. The summed E-state index contributed by atoms with van der Waals surface area (Å²) in [4.78, 5) is 0. The van der Waals surface area contributed by atoms with Crippen molar-refractivity contribution in [3.63, 3.8) is 0 Å². The van der Waals surface area contributed by atoms with Crippen molar-refractivity contribution in [3.05, 3.63) is 82.2 Å². The Balaban J connectivity index is 1.37. The van der Waals surface area contributed by atoms with Gasteiger partial charge in [-0.25, -0.2) is 22.0 Å². The summed E-state index contributed by atoms with van der Waals surface area (Å²) >= 11 is 0. The van der Waals surface area contributed by atoms with Gasteiger partial charge in [0, 0.05) is 22.4 Å².